The van der Waals surface area contributed by atoms with Crippen LogP contribution in [0.25, 0.3) is 17.1 Å². The van der Waals surface area contributed by atoms with Gasteiger partial charge in [0.15, 0.2) is 11.0 Å². The number of nitrogens with zero attached hydrogens (tertiary/aromatic N) is 3. The number of carbonyl (C=O) groups excluding carboxylic acids is 1. The van der Waals surface area contributed by atoms with E-state index in [4.69, 9.17) is 4.74 Å². The predicted molar refractivity (Wildman–Crippen MR) is 155 cm³/mol. The standard InChI is InChI=1S/C29H31BrN4O2S/c1-6-36-24-14-12-23(13-15-24)34-27(20-7-9-21(10-8-20)29(3,4)5)32-33-28(34)37-18-26(35)31-25-16-11-22(30)17-19(25)2/h7-17H,6,18H2,1-5H3,(H,31,35). The average molecular weight is 580 g/mol. The fraction of sp³-hybridized carbons (Fsp3) is 0.276. The van der Waals surface area contributed by atoms with Crippen molar-refractivity contribution in [2.45, 2.75) is 45.2 Å². The van der Waals surface area contributed by atoms with E-state index in [9.17, 15) is 4.79 Å². The van der Waals surface area contributed by atoms with Gasteiger partial charge in [0, 0.05) is 21.4 Å². The molecule has 0 aliphatic heterocycles. The van der Waals surface area contributed by atoms with E-state index in [1.54, 1.807) is 0 Å². The summed E-state index contributed by atoms with van der Waals surface area (Å²) < 4.78 is 8.59. The van der Waals surface area contributed by atoms with Crippen molar-refractivity contribution in [3.63, 3.8) is 0 Å². The lowest BCUT2D eigenvalue weighted by Gasteiger charge is -2.19. The topological polar surface area (TPSA) is 69.0 Å². The summed E-state index contributed by atoms with van der Waals surface area (Å²) >= 11 is 4.81. The molecule has 1 heterocycles. The molecular weight excluding hydrogens is 548 g/mol. The van der Waals surface area contributed by atoms with E-state index in [2.05, 4.69) is 76.5 Å². The normalized spacial score (nSPS) is 11.4. The van der Waals surface area contributed by atoms with Gasteiger partial charge in [-0.1, -0.05) is 72.7 Å². The van der Waals surface area contributed by atoms with Crippen LogP contribution in [0, 0.1) is 6.92 Å². The molecule has 4 rings (SSSR count). The molecule has 0 fully saturated rings. The first kappa shape index (κ1) is 26.9. The van der Waals surface area contributed by atoms with Crippen molar-refractivity contribution < 1.29 is 9.53 Å². The van der Waals surface area contributed by atoms with Gasteiger partial charge in [-0.25, -0.2) is 0 Å². The summed E-state index contributed by atoms with van der Waals surface area (Å²) in [6.07, 6.45) is 0. The first-order chi connectivity index (χ1) is 17.7. The van der Waals surface area contributed by atoms with E-state index < -0.39 is 0 Å². The number of nitrogens with one attached hydrogen (secondary N) is 1. The molecule has 1 N–H and O–H groups in total. The van der Waals surface area contributed by atoms with Crippen molar-refractivity contribution >= 4 is 39.3 Å². The van der Waals surface area contributed by atoms with Crippen LogP contribution >= 0.6 is 27.7 Å². The monoisotopic (exact) mass is 578 g/mol. The number of anilines is 1. The minimum Gasteiger partial charge on any atom is -0.494 e. The van der Waals surface area contributed by atoms with Crippen LogP contribution in [0.1, 0.15) is 38.8 Å². The van der Waals surface area contributed by atoms with E-state index in [0.717, 1.165) is 38.5 Å². The molecule has 0 aliphatic rings. The second-order valence-corrected chi connectivity index (χ2v) is 11.6. The van der Waals surface area contributed by atoms with E-state index >= 15 is 0 Å². The molecule has 0 atom stereocenters. The van der Waals surface area contributed by atoms with Crippen LogP contribution in [0.4, 0.5) is 5.69 Å². The number of hydrogen-bond acceptors (Lipinski definition) is 5. The van der Waals surface area contributed by atoms with Crippen LogP contribution in [-0.2, 0) is 10.2 Å². The molecule has 192 valence electrons. The Morgan fingerprint density at radius 1 is 1.03 bits per heavy atom. The zero-order valence-corrected chi connectivity index (χ0v) is 24.1. The summed E-state index contributed by atoms with van der Waals surface area (Å²) in [4.78, 5) is 12.8. The summed E-state index contributed by atoms with van der Waals surface area (Å²) in [5.74, 6) is 1.62. The maximum Gasteiger partial charge on any atom is 0.234 e. The Hall–Kier alpha value is -3.10. The van der Waals surface area contributed by atoms with Gasteiger partial charge in [-0.15, -0.1) is 10.2 Å². The third-order valence-corrected chi connectivity index (χ3v) is 7.27. The number of thioether (sulfide) groups is 1. The lowest BCUT2D eigenvalue weighted by Crippen LogP contribution is -2.15. The van der Waals surface area contributed by atoms with Crippen molar-refractivity contribution in [2.75, 3.05) is 17.7 Å². The number of ether oxygens (including phenoxy) is 1. The molecule has 0 unspecified atom stereocenters. The number of benzene rings is 3. The Bertz CT molecular complexity index is 1380. The summed E-state index contributed by atoms with van der Waals surface area (Å²) in [6.45, 7) is 11.1. The summed E-state index contributed by atoms with van der Waals surface area (Å²) in [5.41, 5.74) is 4.94. The number of halogens is 1. The highest BCUT2D eigenvalue weighted by Crippen LogP contribution is 2.31. The number of hydrogen-bond donors (Lipinski definition) is 1. The third kappa shape index (κ3) is 6.62. The van der Waals surface area contributed by atoms with Crippen LogP contribution in [0.3, 0.4) is 0 Å². The Morgan fingerprint density at radius 2 is 1.73 bits per heavy atom. The highest BCUT2D eigenvalue weighted by atomic mass is 79.9. The zero-order chi connectivity index (χ0) is 26.6. The van der Waals surface area contributed by atoms with E-state index in [0.29, 0.717) is 11.8 Å². The molecule has 1 aromatic heterocycles. The second kappa shape index (κ2) is 11.5. The highest BCUT2D eigenvalue weighted by molar-refractivity contribution is 9.10. The molecule has 37 heavy (non-hydrogen) atoms. The minimum atomic E-state index is -0.104. The van der Waals surface area contributed by atoms with E-state index in [1.165, 1.54) is 17.3 Å². The van der Waals surface area contributed by atoms with Crippen LogP contribution in [0.2, 0.25) is 0 Å². The van der Waals surface area contributed by atoms with Gasteiger partial charge in [-0.05, 0) is 72.9 Å². The van der Waals surface area contributed by atoms with Gasteiger partial charge in [0.05, 0.1) is 12.4 Å². The minimum absolute atomic E-state index is 0.0584. The van der Waals surface area contributed by atoms with Crippen LogP contribution in [0.15, 0.2) is 76.4 Å². The van der Waals surface area contributed by atoms with Crippen molar-refractivity contribution in [1.82, 2.24) is 14.8 Å². The lowest BCUT2D eigenvalue weighted by atomic mass is 9.87. The van der Waals surface area contributed by atoms with Crippen LogP contribution in [-0.4, -0.2) is 33.0 Å². The quantitative estimate of drug-likeness (QED) is 0.220. The lowest BCUT2D eigenvalue weighted by molar-refractivity contribution is -0.113. The molecule has 0 bridgehead atoms. The smallest absolute Gasteiger partial charge is 0.234 e. The maximum absolute atomic E-state index is 12.8. The number of rotatable bonds is 8. The Kier molecular flexibility index (Phi) is 8.39. The van der Waals surface area contributed by atoms with Gasteiger partial charge in [-0.2, -0.15) is 0 Å². The van der Waals surface area contributed by atoms with E-state index in [1.807, 2.05) is 60.9 Å². The van der Waals surface area contributed by atoms with E-state index in [-0.39, 0.29) is 17.1 Å². The molecular formula is C29H31BrN4O2S. The van der Waals surface area contributed by atoms with Gasteiger partial charge in [0.2, 0.25) is 5.91 Å². The van der Waals surface area contributed by atoms with Crippen molar-refractivity contribution in [1.29, 1.82) is 0 Å². The number of amides is 1. The molecule has 0 saturated carbocycles. The summed E-state index contributed by atoms with van der Waals surface area (Å²) in [5, 5.41) is 12.6. The molecule has 0 radical (unpaired) electrons. The first-order valence-corrected chi connectivity index (χ1v) is 13.9. The zero-order valence-electron chi connectivity index (χ0n) is 21.7. The summed E-state index contributed by atoms with van der Waals surface area (Å²) in [6, 6.07) is 22.0. The molecule has 1 amide bonds. The average Bonchev–Trinajstić information content (AvgIpc) is 3.29. The van der Waals surface area contributed by atoms with Gasteiger partial charge in [0.25, 0.3) is 0 Å². The molecule has 0 spiro atoms. The number of carbonyl (C=O) groups is 1. The highest BCUT2D eigenvalue weighted by Gasteiger charge is 2.19. The Labute approximate surface area is 231 Å². The van der Waals surface area contributed by atoms with Crippen LogP contribution < -0.4 is 10.1 Å². The predicted octanol–water partition coefficient (Wildman–Crippen LogP) is 7.43. The number of aromatic nitrogens is 3. The van der Waals surface area contributed by atoms with Gasteiger partial charge in [-0.3, -0.25) is 9.36 Å². The van der Waals surface area contributed by atoms with Crippen molar-refractivity contribution in [3.8, 4) is 22.8 Å². The van der Waals surface area contributed by atoms with Gasteiger partial charge < -0.3 is 10.1 Å². The summed E-state index contributed by atoms with van der Waals surface area (Å²) in [7, 11) is 0. The van der Waals surface area contributed by atoms with Gasteiger partial charge >= 0.3 is 0 Å². The molecule has 4 aromatic rings. The first-order valence-electron chi connectivity index (χ1n) is 12.1. The third-order valence-electron chi connectivity index (χ3n) is 5.84. The molecule has 3 aromatic carbocycles. The molecule has 0 aliphatic carbocycles. The SMILES string of the molecule is CCOc1ccc(-n2c(SCC(=O)Nc3ccc(Br)cc3C)nnc2-c2ccc(C(C)(C)C)cc2)cc1. The fourth-order valence-electron chi connectivity index (χ4n) is 3.84. The molecule has 6 nitrogen and oxygen atoms in total. The van der Waals surface area contributed by atoms with Gasteiger partial charge in [0.1, 0.15) is 5.75 Å². The molecule has 0 saturated heterocycles. The largest absolute Gasteiger partial charge is 0.494 e. The second-order valence-electron chi connectivity index (χ2n) is 9.69. The maximum atomic E-state index is 12.8. The Balaban J connectivity index is 1.62. The van der Waals surface area contributed by atoms with Crippen molar-refractivity contribution in [3.05, 3.63) is 82.3 Å². The van der Waals surface area contributed by atoms with Crippen LogP contribution in [0.5, 0.6) is 5.75 Å². The Morgan fingerprint density at radius 3 is 2.35 bits per heavy atom. The number of aryl methyl sites for hydroxylation is 1. The fourth-order valence-corrected chi connectivity index (χ4v) is 5.07. The molecule has 8 heteroatoms. The van der Waals surface area contributed by atoms with Crippen molar-refractivity contribution in [2.24, 2.45) is 0 Å².